The minimum atomic E-state index is -2.81. The van der Waals surface area contributed by atoms with Gasteiger partial charge in [0.2, 0.25) is 11.8 Å². The molecule has 176 valence electrons. The number of hydrogen-bond acceptors (Lipinski definition) is 7. The number of ether oxygens (including phenoxy) is 1. The van der Waals surface area contributed by atoms with Gasteiger partial charge in [-0.15, -0.1) is 10.2 Å². The molecule has 1 amide bonds. The minimum Gasteiger partial charge on any atom is -0.444 e. The molecule has 2 heterocycles. The molecule has 2 aromatic carbocycles. The van der Waals surface area contributed by atoms with Gasteiger partial charge in [-0.3, -0.25) is 5.32 Å². The molecule has 0 aliphatic rings. The van der Waals surface area contributed by atoms with Crippen molar-refractivity contribution in [3.63, 3.8) is 0 Å². The third kappa shape index (κ3) is 5.83. The van der Waals surface area contributed by atoms with Crippen molar-refractivity contribution in [3.05, 3.63) is 71.9 Å². The monoisotopic (exact) mass is 468 g/mol. The molecule has 10 heteroatoms. The van der Waals surface area contributed by atoms with Crippen LogP contribution < -0.4 is 5.32 Å². The number of oxazole rings is 1. The van der Waals surface area contributed by atoms with Gasteiger partial charge in [0.25, 0.3) is 5.89 Å². The maximum atomic E-state index is 12.6. The Morgan fingerprint density at radius 3 is 2.24 bits per heavy atom. The number of alkyl halides is 2. The highest BCUT2D eigenvalue weighted by atomic mass is 19.3. The predicted octanol–water partition coefficient (Wildman–Crippen LogP) is 6.27. The number of rotatable bonds is 6. The highest BCUT2D eigenvalue weighted by Gasteiger charge is 2.18. The van der Waals surface area contributed by atoms with Crippen molar-refractivity contribution in [2.24, 2.45) is 0 Å². The van der Waals surface area contributed by atoms with Crippen LogP contribution in [-0.4, -0.2) is 26.9 Å². The van der Waals surface area contributed by atoms with Crippen LogP contribution in [0.5, 0.6) is 0 Å². The molecule has 0 unspecified atom stereocenters. The Kier molecular flexibility index (Phi) is 6.40. The molecule has 0 bridgehead atoms. The van der Waals surface area contributed by atoms with Gasteiger partial charge < -0.3 is 13.6 Å². The normalized spacial score (nSPS) is 11.6. The van der Waals surface area contributed by atoms with Crippen molar-refractivity contribution >= 4 is 11.8 Å². The van der Waals surface area contributed by atoms with Crippen molar-refractivity contribution in [1.29, 1.82) is 0 Å². The molecule has 0 atom stereocenters. The highest BCUT2D eigenvalue weighted by molar-refractivity contribution is 5.85. The summed E-state index contributed by atoms with van der Waals surface area (Å²) >= 11 is 0. The quantitative estimate of drug-likeness (QED) is 0.356. The second kappa shape index (κ2) is 9.42. The van der Waals surface area contributed by atoms with Gasteiger partial charge in [0.05, 0.1) is 6.20 Å². The fraction of sp³-hybridized carbons (Fsp3) is 0.250. The van der Waals surface area contributed by atoms with Gasteiger partial charge in [-0.05, 0) is 62.7 Å². The lowest BCUT2D eigenvalue weighted by Gasteiger charge is -2.19. The van der Waals surface area contributed by atoms with Crippen LogP contribution in [0.15, 0.2) is 63.6 Å². The maximum Gasteiger partial charge on any atom is 0.412 e. The van der Waals surface area contributed by atoms with E-state index in [0.29, 0.717) is 29.3 Å². The molecule has 2 aromatic heterocycles. The summed E-state index contributed by atoms with van der Waals surface area (Å²) in [5.41, 5.74) is 2.23. The second-order valence-corrected chi connectivity index (χ2v) is 8.46. The van der Waals surface area contributed by atoms with Gasteiger partial charge in [0.15, 0.2) is 0 Å². The molecule has 0 saturated heterocycles. The van der Waals surface area contributed by atoms with Crippen molar-refractivity contribution in [2.75, 3.05) is 5.32 Å². The lowest BCUT2D eigenvalue weighted by molar-refractivity contribution is 0.0636. The van der Waals surface area contributed by atoms with Crippen molar-refractivity contribution in [1.82, 2.24) is 15.2 Å². The standard InChI is InChI=1S/C24H22F2N4O4/c1-24(2,3)34-23(31)28-17-10-8-15(9-11-17)20-27-13-18(32-20)12-14-4-6-16(7-5-14)21-29-30-22(33-21)19(25)26/h4-11,13,19H,12H2,1-3H3,(H,28,31). The largest absolute Gasteiger partial charge is 0.444 e. The number of nitrogens with zero attached hydrogens (tertiary/aromatic N) is 3. The average molecular weight is 468 g/mol. The van der Waals surface area contributed by atoms with E-state index in [1.165, 1.54) is 0 Å². The van der Waals surface area contributed by atoms with Crippen molar-refractivity contribution < 1.29 is 27.1 Å². The number of aromatic nitrogens is 3. The van der Waals surface area contributed by atoms with E-state index >= 15 is 0 Å². The van der Waals surface area contributed by atoms with Gasteiger partial charge in [-0.25, -0.2) is 9.78 Å². The number of anilines is 1. The molecular formula is C24H22F2N4O4. The van der Waals surface area contributed by atoms with E-state index in [2.05, 4.69) is 20.5 Å². The first-order chi connectivity index (χ1) is 16.2. The summed E-state index contributed by atoms with van der Waals surface area (Å²) < 4.78 is 41.3. The van der Waals surface area contributed by atoms with E-state index in [4.69, 9.17) is 13.6 Å². The Morgan fingerprint density at radius 2 is 1.62 bits per heavy atom. The highest BCUT2D eigenvalue weighted by Crippen LogP contribution is 2.25. The molecule has 0 spiro atoms. The zero-order valence-corrected chi connectivity index (χ0v) is 18.7. The molecule has 0 radical (unpaired) electrons. The Hall–Kier alpha value is -4.08. The maximum absolute atomic E-state index is 12.6. The number of halogens is 2. The lowest BCUT2D eigenvalue weighted by atomic mass is 10.1. The van der Waals surface area contributed by atoms with Crippen LogP contribution in [0.1, 0.15) is 44.4 Å². The van der Waals surface area contributed by atoms with Crippen molar-refractivity contribution in [3.8, 4) is 22.9 Å². The van der Waals surface area contributed by atoms with Crippen LogP contribution in [0.2, 0.25) is 0 Å². The Morgan fingerprint density at radius 1 is 0.971 bits per heavy atom. The number of nitrogens with one attached hydrogen (secondary N) is 1. The Balaban J connectivity index is 1.38. The molecule has 0 saturated carbocycles. The van der Waals surface area contributed by atoms with Crippen molar-refractivity contribution in [2.45, 2.75) is 39.2 Å². The van der Waals surface area contributed by atoms with Gasteiger partial charge in [0.1, 0.15) is 11.4 Å². The average Bonchev–Trinajstić information content (AvgIpc) is 3.44. The fourth-order valence-electron chi connectivity index (χ4n) is 3.05. The van der Waals surface area contributed by atoms with E-state index in [9.17, 15) is 13.6 Å². The molecule has 4 aromatic rings. The van der Waals surface area contributed by atoms with Crippen LogP contribution in [0.4, 0.5) is 19.3 Å². The third-order valence-electron chi connectivity index (χ3n) is 4.54. The molecule has 1 N–H and O–H groups in total. The smallest absolute Gasteiger partial charge is 0.412 e. The van der Waals surface area contributed by atoms with Crippen LogP contribution >= 0.6 is 0 Å². The van der Waals surface area contributed by atoms with E-state index in [0.717, 1.165) is 11.1 Å². The number of benzene rings is 2. The minimum absolute atomic E-state index is 0.0356. The summed E-state index contributed by atoms with van der Waals surface area (Å²) in [7, 11) is 0. The van der Waals surface area contributed by atoms with Gasteiger partial charge >= 0.3 is 12.5 Å². The molecule has 0 fully saturated rings. The number of carbonyl (C=O) groups excluding carboxylic acids is 1. The van der Waals surface area contributed by atoms with Gasteiger partial charge in [0, 0.05) is 23.2 Å². The third-order valence-corrected chi connectivity index (χ3v) is 4.54. The van der Waals surface area contributed by atoms with Crippen LogP contribution in [0.3, 0.4) is 0 Å². The summed E-state index contributed by atoms with van der Waals surface area (Å²) in [6.45, 7) is 5.38. The van der Waals surface area contributed by atoms with Crippen LogP contribution in [0, 0.1) is 0 Å². The summed E-state index contributed by atoms with van der Waals surface area (Å²) in [5.74, 6) is 0.424. The molecule has 0 aliphatic heterocycles. The number of carbonyl (C=O) groups is 1. The molecule has 4 rings (SSSR count). The Labute approximate surface area is 194 Å². The second-order valence-electron chi connectivity index (χ2n) is 8.46. The summed E-state index contributed by atoms with van der Waals surface area (Å²) in [6.07, 6.45) is -1.21. The van der Waals surface area contributed by atoms with Crippen LogP contribution in [0.25, 0.3) is 22.9 Å². The first-order valence-corrected chi connectivity index (χ1v) is 10.4. The molecular weight excluding hydrogens is 446 g/mol. The molecule has 34 heavy (non-hydrogen) atoms. The lowest BCUT2D eigenvalue weighted by Crippen LogP contribution is -2.27. The van der Waals surface area contributed by atoms with E-state index in [1.54, 1.807) is 63.4 Å². The SMILES string of the molecule is CC(C)(C)OC(=O)Nc1ccc(-c2ncc(Cc3ccc(-c4nnc(C(F)F)o4)cc3)o2)cc1. The topological polar surface area (TPSA) is 103 Å². The van der Waals surface area contributed by atoms with Gasteiger partial charge in [-0.2, -0.15) is 8.78 Å². The fourth-order valence-corrected chi connectivity index (χ4v) is 3.05. The molecule has 8 nitrogen and oxygen atoms in total. The summed E-state index contributed by atoms with van der Waals surface area (Å²) in [4.78, 5) is 16.2. The first kappa shape index (κ1) is 23.1. The van der Waals surface area contributed by atoms with E-state index in [1.807, 2.05) is 12.1 Å². The van der Waals surface area contributed by atoms with E-state index < -0.39 is 24.0 Å². The Bertz CT molecular complexity index is 1260. The first-order valence-electron chi connectivity index (χ1n) is 10.4. The van der Waals surface area contributed by atoms with Crippen LogP contribution in [-0.2, 0) is 11.2 Å². The number of hydrogen-bond donors (Lipinski definition) is 1. The summed E-state index contributed by atoms with van der Waals surface area (Å²) in [5, 5.41) is 9.64. The zero-order valence-electron chi connectivity index (χ0n) is 18.7. The summed E-state index contributed by atoms with van der Waals surface area (Å²) in [6, 6.07) is 14.1. The molecule has 0 aliphatic carbocycles. The number of amides is 1. The van der Waals surface area contributed by atoms with Gasteiger partial charge in [-0.1, -0.05) is 12.1 Å². The zero-order chi connectivity index (χ0) is 24.3. The van der Waals surface area contributed by atoms with E-state index in [-0.39, 0.29) is 5.89 Å². The predicted molar refractivity (Wildman–Crippen MR) is 119 cm³/mol.